The molecule has 1 aromatic rings. The highest BCUT2D eigenvalue weighted by atomic mass is 32.2. The topological polar surface area (TPSA) is 116 Å². The van der Waals surface area contributed by atoms with E-state index in [2.05, 4.69) is 20.7 Å². The molecule has 0 spiro atoms. The smallest absolute Gasteiger partial charge is 0.319 e. The van der Waals surface area contributed by atoms with Crippen LogP contribution in [0.5, 0.6) is 0 Å². The summed E-state index contributed by atoms with van der Waals surface area (Å²) in [4.78, 5) is 23.7. The summed E-state index contributed by atoms with van der Waals surface area (Å²) in [6.45, 7) is 2.46. The van der Waals surface area contributed by atoms with Crippen molar-refractivity contribution in [3.8, 4) is 0 Å². The lowest BCUT2D eigenvalue weighted by atomic mass is 10.1. The van der Waals surface area contributed by atoms with Gasteiger partial charge in [-0.3, -0.25) is 4.79 Å². The van der Waals surface area contributed by atoms with Crippen LogP contribution < -0.4 is 20.7 Å². The number of carbonyl (C=O) groups is 2. The van der Waals surface area contributed by atoms with E-state index in [1.54, 1.807) is 12.1 Å². The third-order valence-electron chi connectivity index (χ3n) is 3.70. The standard InChI is InChI=1S/C16H24N4O4S/c1-11-4-7-13(19-15(21)12-5-6-12)10-14(11)20-16(22)17-8-3-9-18-25(2,23)24/h4,7,10,12,18H,3,5-6,8-9H2,1-2H3,(H,19,21)(H2,17,20,22). The molecule has 1 aromatic carbocycles. The van der Waals surface area contributed by atoms with Gasteiger partial charge in [-0.1, -0.05) is 6.07 Å². The summed E-state index contributed by atoms with van der Waals surface area (Å²) in [6.07, 6.45) is 3.43. The fourth-order valence-corrected chi connectivity index (χ4v) is 2.65. The van der Waals surface area contributed by atoms with Gasteiger partial charge in [-0.25, -0.2) is 17.9 Å². The van der Waals surface area contributed by atoms with Crippen LogP contribution in [0.1, 0.15) is 24.8 Å². The predicted octanol–water partition coefficient (Wildman–Crippen LogP) is 1.40. The minimum Gasteiger partial charge on any atom is -0.338 e. The van der Waals surface area contributed by atoms with E-state index in [1.807, 2.05) is 13.0 Å². The molecule has 0 bridgehead atoms. The van der Waals surface area contributed by atoms with Crippen LogP contribution in [0.3, 0.4) is 0 Å². The van der Waals surface area contributed by atoms with Crippen LogP contribution in [0.25, 0.3) is 0 Å². The van der Waals surface area contributed by atoms with E-state index in [0.717, 1.165) is 24.7 Å². The second-order valence-electron chi connectivity index (χ2n) is 6.19. The second-order valence-corrected chi connectivity index (χ2v) is 8.03. The second kappa shape index (κ2) is 8.30. The molecular weight excluding hydrogens is 344 g/mol. The van der Waals surface area contributed by atoms with Crippen molar-refractivity contribution in [2.75, 3.05) is 30.0 Å². The Balaban J connectivity index is 1.79. The van der Waals surface area contributed by atoms with Gasteiger partial charge >= 0.3 is 6.03 Å². The lowest BCUT2D eigenvalue weighted by Gasteiger charge is -2.12. The Hall–Kier alpha value is -2.13. The number of nitrogens with one attached hydrogen (secondary N) is 4. The molecule has 0 radical (unpaired) electrons. The van der Waals surface area contributed by atoms with Crippen molar-refractivity contribution in [2.45, 2.75) is 26.2 Å². The van der Waals surface area contributed by atoms with Gasteiger partial charge in [-0.05, 0) is 43.9 Å². The Morgan fingerprint density at radius 2 is 1.88 bits per heavy atom. The van der Waals surface area contributed by atoms with Gasteiger partial charge in [0, 0.05) is 30.4 Å². The lowest BCUT2D eigenvalue weighted by Crippen LogP contribution is -2.32. The zero-order chi connectivity index (χ0) is 18.4. The monoisotopic (exact) mass is 368 g/mol. The molecule has 0 unspecified atom stereocenters. The first-order valence-corrected chi connectivity index (χ1v) is 10.0. The molecule has 8 nitrogen and oxygen atoms in total. The highest BCUT2D eigenvalue weighted by molar-refractivity contribution is 7.88. The molecule has 0 aromatic heterocycles. The maximum atomic E-state index is 11.9. The first kappa shape index (κ1) is 19.2. The fraction of sp³-hybridized carbons (Fsp3) is 0.500. The van der Waals surface area contributed by atoms with Crippen molar-refractivity contribution in [2.24, 2.45) is 5.92 Å². The largest absolute Gasteiger partial charge is 0.338 e. The average molecular weight is 368 g/mol. The molecule has 1 aliphatic carbocycles. The average Bonchev–Trinajstić information content (AvgIpc) is 3.34. The first-order valence-electron chi connectivity index (χ1n) is 8.15. The molecule has 138 valence electrons. The van der Waals surface area contributed by atoms with Crippen LogP contribution in [-0.2, 0) is 14.8 Å². The van der Waals surface area contributed by atoms with Gasteiger partial charge in [0.05, 0.1) is 6.26 Å². The van der Waals surface area contributed by atoms with Crippen molar-refractivity contribution in [1.82, 2.24) is 10.0 Å². The number of urea groups is 1. The van der Waals surface area contributed by atoms with Crippen molar-refractivity contribution in [3.05, 3.63) is 23.8 Å². The molecule has 1 aliphatic rings. The van der Waals surface area contributed by atoms with Gasteiger partial charge in [0.25, 0.3) is 0 Å². The van der Waals surface area contributed by atoms with Crippen molar-refractivity contribution in [1.29, 1.82) is 0 Å². The Kier molecular flexibility index (Phi) is 6.38. The van der Waals surface area contributed by atoms with Crippen LogP contribution in [0.2, 0.25) is 0 Å². The number of carbonyl (C=O) groups excluding carboxylic acids is 2. The SMILES string of the molecule is Cc1ccc(NC(=O)C2CC2)cc1NC(=O)NCCCNS(C)(=O)=O. The molecule has 0 heterocycles. The molecule has 0 aliphatic heterocycles. The van der Waals surface area contributed by atoms with Gasteiger partial charge in [0.2, 0.25) is 15.9 Å². The summed E-state index contributed by atoms with van der Waals surface area (Å²) in [7, 11) is -3.21. The zero-order valence-electron chi connectivity index (χ0n) is 14.4. The molecule has 1 saturated carbocycles. The fourth-order valence-electron chi connectivity index (χ4n) is 2.14. The Morgan fingerprint density at radius 3 is 2.52 bits per heavy atom. The van der Waals surface area contributed by atoms with Crippen LogP contribution in [0.15, 0.2) is 18.2 Å². The summed E-state index contributed by atoms with van der Waals surface area (Å²) >= 11 is 0. The minimum atomic E-state index is -3.21. The summed E-state index contributed by atoms with van der Waals surface area (Å²) in [5.74, 6) is 0.124. The van der Waals surface area contributed by atoms with E-state index < -0.39 is 10.0 Å². The lowest BCUT2D eigenvalue weighted by molar-refractivity contribution is -0.117. The highest BCUT2D eigenvalue weighted by Gasteiger charge is 2.29. The molecule has 0 saturated heterocycles. The minimum absolute atomic E-state index is 0.0117. The first-order chi connectivity index (χ1) is 11.7. The third-order valence-corrected chi connectivity index (χ3v) is 4.43. The molecular formula is C16H24N4O4S. The molecule has 1 fully saturated rings. The van der Waals surface area contributed by atoms with Gasteiger partial charge in [0.15, 0.2) is 0 Å². The summed E-state index contributed by atoms with van der Waals surface area (Å²) in [5, 5.41) is 8.24. The van der Waals surface area contributed by atoms with Gasteiger partial charge in [0.1, 0.15) is 0 Å². The quantitative estimate of drug-likeness (QED) is 0.519. The maximum absolute atomic E-state index is 11.9. The van der Waals surface area contributed by atoms with E-state index >= 15 is 0 Å². The summed E-state index contributed by atoms with van der Waals surface area (Å²) < 4.78 is 24.2. The van der Waals surface area contributed by atoms with E-state index in [-0.39, 0.29) is 24.4 Å². The number of sulfonamides is 1. The molecule has 25 heavy (non-hydrogen) atoms. The molecule has 0 atom stereocenters. The molecule has 4 N–H and O–H groups in total. The van der Waals surface area contributed by atoms with Crippen LogP contribution in [-0.4, -0.2) is 39.7 Å². The Bertz CT molecular complexity index is 745. The zero-order valence-corrected chi connectivity index (χ0v) is 15.2. The van der Waals surface area contributed by atoms with Crippen LogP contribution in [0, 0.1) is 12.8 Å². The van der Waals surface area contributed by atoms with Crippen LogP contribution in [0.4, 0.5) is 16.2 Å². The number of benzene rings is 1. The number of amides is 3. The van der Waals surface area contributed by atoms with Gasteiger partial charge in [-0.2, -0.15) is 0 Å². The Morgan fingerprint density at radius 1 is 1.16 bits per heavy atom. The van der Waals surface area contributed by atoms with Crippen molar-refractivity contribution < 1.29 is 18.0 Å². The Labute approximate surface area is 147 Å². The number of anilines is 2. The molecule has 2 rings (SSSR count). The van der Waals surface area contributed by atoms with E-state index in [0.29, 0.717) is 24.3 Å². The highest BCUT2D eigenvalue weighted by Crippen LogP contribution is 2.30. The normalized spacial score (nSPS) is 14.0. The van der Waals surface area contributed by atoms with E-state index in [4.69, 9.17) is 0 Å². The number of aryl methyl sites for hydroxylation is 1. The third kappa shape index (κ3) is 7.10. The number of hydrogen-bond donors (Lipinski definition) is 4. The summed E-state index contributed by atoms with van der Waals surface area (Å²) in [6, 6.07) is 4.97. The summed E-state index contributed by atoms with van der Waals surface area (Å²) in [5.41, 5.74) is 2.13. The maximum Gasteiger partial charge on any atom is 0.319 e. The predicted molar refractivity (Wildman–Crippen MR) is 97.0 cm³/mol. The van der Waals surface area contributed by atoms with Crippen molar-refractivity contribution >= 4 is 33.3 Å². The van der Waals surface area contributed by atoms with E-state index in [9.17, 15) is 18.0 Å². The van der Waals surface area contributed by atoms with Gasteiger partial charge < -0.3 is 16.0 Å². The van der Waals surface area contributed by atoms with Crippen LogP contribution >= 0.6 is 0 Å². The van der Waals surface area contributed by atoms with Gasteiger partial charge in [-0.15, -0.1) is 0 Å². The number of hydrogen-bond acceptors (Lipinski definition) is 4. The number of rotatable bonds is 8. The van der Waals surface area contributed by atoms with Crippen molar-refractivity contribution in [3.63, 3.8) is 0 Å². The molecule has 9 heteroatoms. The van der Waals surface area contributed by atoms with E-state index in [1.165, 1.54) is 0 Å². The molecule has 3 amide bonds.